The van der Waals surface area contributed by atoms with Gasteiger partial charge in [0.25, 0.3) is 0 Å². The zero-order valence-electron chi connectivity index (χ0n) is 12.1. The first kappa shape index (κ1) is 13.7. The number of ketones is 1. The van der Waals surface area contributed by atoms with Crippen LogP contribution in [0.15, 0.2) is 18.3 Å². The lowest BCUT2D eigenvalue weighted by molar-refractivity contribution is -0.122. The van der Waals surface area contributed by atoms with Gasteiger partial charge in [0.15, 0.2) is 0 Å². The number of aryl methyl sites for hydroxylation is 1. The third-order valence-corrected chi connectivity index (χ3v) is 4.96. The first-order chi connectivity index (χ1) is 9.68. The molecule has 3 heteroatoms. The Bertz CT molecular complexity index is 492. The Balaban J connectivity index is 1.75. The highest BCUT2D eigenvalue weighted by atomic mass is 16.1. The number of rotatable bonds is 3. The van der Waals surface area contributed by atoms with Crippen molar-refractivity contribution in [3.8, 4) is 0 Å². The topological polar surface area (TPSA) is 56.0 Å². The van der Waals surface area contributed by atoms with Crippen LogP contribution in [0.2, 0.25) is 0 Å². The number of nitrogens with two attached hydrogens (primary N) is 1. The minimum absolute atomic E-state index is 0.0118. The van der Waals surface area contributed by atoms with E-state index < -0.39 is 0 Å². The van der Waals surface area contributed by atoms with Crippen molar-refractivity contribution in [2.45, 2.75) is 69.2 Å². The van der Waals surface area contributed by atoms with E-state index in [2.05, 4.69) is 11.1 Å². The molecular formula is C17H24N2O. The first-order valence-corrected chi connectivity index (χ1v) is 7.93. The largest absolute Gasteiger partial charge is 0.325 e. The molecule has 0 aromatic carbocycles. The number of aromatic nitrogens is 1. The fourth-order valence-corrected chi connectivity index (χ4v) is 3.83. The molecule has 0 spiro atoms. The summed E-state index contributed by atoms with van der Waals surface area (Å²) in [5.74, 6) is 0.302. The number of fused-ring (bicyclic) bond motifs is 1. The summed E-state index contributed by atoms with van der Waals surface area (Å²) < 4.78 is 0. The molecule has 1 fully saturated rings. The highest BCUT2D eigenvalue weighted by molar-refractivity contribution is 5.86. The maximum absolute atomic E-state index is 12.7. The standard InChI is InChI=1S/C17H24N2O/c18-17(9-2-1-3-10-17)12-15(20)14-8-4-6-13-7-5-11-19-16(13)14/h5,7,11,14H,1-4,6,8-10,12,18H2. The number of Topliss-reactive ketones (excluding diaryl/α,β-unsaturated/α-hetero) is 1. The molecule has 1 atom stereocenters. The van der Waals surface area contributed by atoms with Gasteiger partial charge in [0.05, 0.1) is 11.6 Å². The molecule has 3 nitrogen and oxygen atoms in total. The van der Waals surface area contributed by atoms with Crippen LogP contribution in [0.3, 0.4) is 0 Å². The van der Waals surface area contributed by atoms with E-state index in [-0.39, 0.29) is 11.5 Å². The number of pyridine rings is 1. The zero-order valence-corrected chi connectivity index (χ0v) is 12.1. The van der Waals surface area contributed by atoms with Crippen LogP contribution in [0.4, 0.5) is 0 Å². The first-order valence-electron chi connectivity index (χ1n) is 7.93. The van der Waals surface area contributed by atoms with E-state index in [1.165, 1.54) is 24.8 Å². The van der Waals surface area contributed by atoms with E-state index in [9.17, 15) is 4.79 Å². The van der Waals surface area contributed by atoms with Gasteiger partial charge in [0.2, 0.25) is 0 Å². The van der Waals surface area contributed by atoms with Gasteiger partial charge < -0.3 is 5.73 Å². The fourth-order valence-electron chi connectivity index (χ4n) is 3.83. The smallest absolute Gasteiger partial charge is 0.143 e. The third kappa shape index (κ3) is 2.78. The number of hydrogen-bond acceptors (Lipinski definition) is 3. The quantitative estimate of drug-likeness (QED) is 0.919. The summed E-state index contributed by atoms with van der Waals surface area (Å²) in [5.41, 5.74) is 8.47. The second kappa shape index (κ2) is 5.65. The van der Waals surface area contributed by atoms with Crippen molar-refractivity contribution in [3.63, 3.8) is 0 Å². The van der Waals surface area contributed by atoms with Crippen LogP contribution in [-0.2, 0) is 11.2 Å². The highest BCUT2D eigenvalue weighted by Gasteiger charge is 2.35. The minimum Gasteiger partial charge on any atom is -0.325 e. The molecule has 0 aliphatic heterocycles. The van der Waals surface area contributed by atoms with E-state index >= 15 is 0 Å². The van der Waals surface area contributed by atoms with Crippen LogP contribution in [-0.4, -0.2) is 16.3 Å². The molecule has 3 rings (SSSR count). The van der Waals surface area contributed by atoms with Gasteiger partial charge in [-0.05, 0) is 43.7 Å². The van der Waals surface area contributed by atoms with Gasteiger partial charge in [-0.25, -0.2) is 0 Å². The monoisotopic (exact) mass is 272 g/mol. The molecule has 1 aromatic rings. The van der Waals surface area contributed by atoms with Crippen molar-refractivity contribution in [1.82, 2.24) is 4.98 Å². The maximum Gasteiger partial charge on any atom is 0.143 e. The number of carbonyl (C=O) groups is 1. The maximum atomic E-state index is 12.7. The second-order valence-electron chi connectivity index (χ2n) is 6.56. The summed E-state index contributed by atoms with van der Waals surface area (Å²) in [6.07, 6.45) is 11.0. The lowest BCUT2D eigenvalue weighted by atomic mass is 9.75. The molecule has 1 heterocycles. The van der Waals surface area contributed by atoms with Crippen molar-refractivity contribution < 1.29 is 4.79 Å². The average molecular weight is 272 g/mol. The van der Waals surface area contributed by atoms with Crippen LogP contribution in [0.5, 0.6) is 0 Å². The predicted molar refractivity (Wildman–Crippen MR) is 79.5 cm³/mol. The van der Waals surface area contributed by atoms with E-state index in [1.807, 2.05) is 12.3 Å². The molecular weight excluding hydrogens is 248 g/mol. The van der Waals surface area contributed by atoms with E-state index in [1.54, 1.807) is 0 Å². The van der Waals surface area contributed by atoms with Crippen LogP contribution in [0, 0.1) is 0 Å². The summed E-state index contributed by atoms with van der Waals surface area (Å²) in [5, 5.41) is 0. The van der Waals surface area contributed by atoms with Gasteiger partial charge in [-0.3, -0.25) is 9.78 Å². The fraction of sp³-hybridized carbons (Fsp3) is 0.647. The lowest BCUT2D eigenvalue weighted by Gasteiger charge is -2.34. The average Bonchev–Trinajstić information content (AvgIpc) is 2.47. The molecule has 1 saturated carbocycles. The summed E-state index contributed by atoms with van der Waals surface area (Å²) in [6, 6.07) is 4.08. The van der Waals surface area contributed by atoms with Crippen molar-refractivity contribution in [3.05, 3.63) is 29.6 Å². The van der Waals surface area contributed by atoms with Crippen molar-refractivity contribution >= 4 is 5.78 Å². The number of nitrogens with zero attached hydrogens (tertiary/aromatic N) is 1. The molecule has 1 aromatic heterocycles. The molecule has 2 N–H and O–H groups in total. The van der Waals surface area contributed by atoms with Gasteiger partial charge in [-0.2, -0.15) is 0 Å². The SMILES string of the molecule is NC1(CC(=O)C2CCCc3cccnc32)CCCCC1. The Labute approximate surface area is 121 Å². The van der Waals surface area contributed by atoms with Gasteiger partial charge in [-0.1, -0.05) is 25.3 Å². The normalized spacial score (nSPS) is 24.9. The lowest BCUT2D eigenvalue weighted by Crippen LogP contribution is -2.44. The Kier molecular flexibility index (Phi) is 3.88. The third-order valence-electron chi connectivity index (χ3n) is 4.96. The Morgan fingerprint density at radius 2 is 2.10 bits per heavy atom. The second-order valence-corrected chi connectivity index (χ2v) is 6.56. The van der Waals surface area contributed by atoms with Crippen molar-refractivity contribution in [2.75, 3.05) is 0 Å². The van der Waals surface area contributed by atoms with Gasteiger partial charge in [-0.15, -0.1) is 0 Å². The summed E-state index contributed by atoms with van der Waals surface area (Å²) in [7, 11) is 0. The molecule has 20 heavy (non-hydrogen) atoms. The molecule has 0 radical (unpaired) electrons. The van der Waals surface area contributed by atoms with Gasteiger partial charge in [0.1, 0.15) is 5.78 Å². The molecule has 0 saturated heterocycles. The van der Waals surface area contributed by atoms with Crippen molar-refractivity contribution in [1.29, 1.82) is 0 Å². The Morgan fingerprint density at radius 1 is 1.30 bits per heavy atom. The van der Waals surface area contributed by atoms with E-state index in [4.69, 9.17) is 5.73 Å². The molecule has 2 aliphatic rings. The van der Waals surface area contributed by atoms with Crippen LogP contribution in [0.25, 0.3) is 0 Å². The van der Waals surface area contributed by atoms with Crippen molar-refractivity contribution in [2.24, 2.45) is 5.73 Å². The molecule has 2 aliphatic carbocycles. The zero-order chi connectivity index (χ0) is 14.0. The molecule has 0 amide bonds. The van der Waals surface area contributed by atoms with Crippen LogP contribution >= 0.6 is 0 Å². The van der Waals surface area contributed by atoms with Crippen LogP contribution < -0.4 is 5.73 Å². The molecule has 108 valence electrons. The Hall–Kier alpha value is -1.22. The number of carbonyl (C=O) groups excluding carboxylic acids is 1. The molecule has 1 unspecified atom stereocenters. The predicted octanol–water partition coefficient (Wildman–Crippen LogP) is 3.12. The summed E-state index contributed by atoms with van der Waals surface area (Å²) in [4.78, 5) is 17.2. The Morgan fingerprint density at radius 3 is 2.90 bits per heavy atom. The van der Waals surface area contributed by atoms with Gasteiger partial charge in [0, 0.05) is 18.2 Å². The summed E-state index contributed by atoms with van der Waals surface area (Å²) in [6.45, 7) is 0. The van der Waals surface area contributed by atoms with Gasteiger partial charge >= 0.3 is 0 Å². The number of hydrogen-bond donors (Lipinski definition) is 1. The van der Waals surface area contributed by atoms with Crippen LogP contribution in [0.1, 0.15) is 68.5 Å². The van der Waals surface area contributed by atoms with E-state index in [0.29, 0.717) is 12.2 Å². The molecule has 0 bridgehead atoms. The highest BCUT2D eigenvalue weighted by Crippen LogP contribution is 2.35. The minimum atomic E-state index is -0.248. The summed E-state index contributed by atoms with van der Waals surface area (Å²) >= 11 is 0. The van der Waals surface area contributed by atoms with E-state index in [0.717, 1.165) is 37.8 Å².